The molecule has 0 aliphatic heterocycles. The molecule has 0 spiro atoms. The maximum Gasteiger partial charge on any atom is 0.354 e. The molecule has 102 valence electrons. The molecule has 0 saturated heterocycles. The normalized spacial score (nSPS) is 10.8. The molecule has 1 aromatic carbocycles. The van der Waals surface area contributed by atoms with Crippen molar-refractivity contribution in [2.75, 3.05) is 19.5 Å². The maximum atomic E-state index is 11.5. The second-order valence-corrected chi connectivity index (χ2v) is 4.14. The number of carbonyl (C=O) groups excluding carboxylic acids is 2. The first-order chi connectivity index (χ1) is 8.97. The molecule has 0 aliphatic carbocycles. The van der Waals surface area contributed by atoms with E-state index in [1.54, 1.807) is 12.1 Å². The molecule has 5 nitrogen and oxygen atoms in total. The predicted octanol–water partition coefficient (Wildman–Crippen LogP) is 2.64. The number of benzene rings is 1. The molecule has 1 aromatic rings. The summed E-state index contributed by atoms with van der Waals surface area (Å²) in [5, 5.41) is 3.40. The summed E-state index contributed by atoms with van der Waals surface area (Å²) >= 11 is 11.6. The highest BCUT2D eigenvalue weighted by atomic mass is 35.5. The first-order valence-electron chi connectivity index (χ1n) is 5.08. The molecule has 1 rings (SSSR count). The van der Waals surface area contributed by atoms with Crippen LogP contribution in [0, 0.1) is 0 Å². The lowest BCUT2D eigenvalue weighted by molar-refractivity contribution is -0.138. The number of esters is 2. The van der Waals surface area contributed by atoms with Gasteiger partial charge in [0.25, 0.3) is 0 Å². The fourth-order valence-electron chi connectivity index (χ4n) is 1.16. The Labute approximate surface area is 120 Å². The monoisotopic (exact) mass is 303 g/mol. The highest BCUT2D eigenvalue weighted by Crippen LogP contribution is 2.25. The van der Waals surface area contributed by atoms with Gasteiger partial charge in [-0.2, -0.15) is 0 Å². The minimum Gasteiger partial charge on any atom is -0.466 e. The molecule has 0 radical (unpaired) electrons. The van der Waals surface area contributed by atoms with Gasteiger partial charge in [-0.1, -0.05) is 23.2 Å². The smallest absolute Gasteiger partial charge is 0.354 e. The van der Waals surface area contributed by atoms with E-state index >= 15 is 0 Å². The molecular weight excluding hydrogens is 293 g/mol. The average molecular weight is 304 g/mol. The van der Waals surface area contributed by atoms with E-state index in [-0.39, 0.29) is 5.70 Å². The van der Waals surface area contributed by atoms with Gasteiger partial charge in [0, 0.05) is 5.69 Å². The molecule has 1 N–H and O–H groups in total. The van der Waals surface area contributed by atoms with Gasteiger partial charge in [-0.25, -0.2) is 9.59 Å². The van der Waals surface area contributed by atoms with E-state index in [2.05, 4.69) is 14.8 Å². The molecule has 0 aromatic heterocycles. The summed E-state index contributed by atoms with van der Waals surface area (Å²) in [6.45, 7) is 0. The van der Waals surface area contributed by atoms with Crippen molar-refractivity contribution in [1.82, 2.24) is 0 Å². The van der Waals surface area contributed by atoms with Gasteiger partial charge in [0.05, 0.1) is 30.3 Å². The fraction of sp³-hybridized carbons (Fsp3) is 0.167. The number of hydrogen-bond donors (Lipinski definition) is 1. The fourth-order valence-corrected chi connectivity index (χ4v) is 1.46. The summed E-state index contributed by atoms with van der Waals surface area (Å²) in [4.78, 5) is 22.7. The number of methoxy groups -OCH3 is 2. The van der Waals surface area contributed by atoms with E-state index in [4.69, 9.17) is 23.2 Å². The zero-order valence-corrected chi connectivity index (χ0v) is 11.7. The van der Waals surface area contributed by atoms with Gasteiger partial charge in [-0.15, -0.1) is 0 Å². The zero-order valence-electron chi connectivity index (χ0n) is 10.2. The number of ether oxygens (including phenoxy) is 2. The molecule has 0 atom stereocenters. The third kappa shape index (κ3) is 4.46. The molecule has 0 amide bonds. The van der Waals surface area contributed by atoms with Crippen molar-refractivity contribution in [1.29, 1.82) is 0 Å². The Kier molecular flexibility index (Phi) is 5.66. The molecule has 0 fully saturated rings. The van der Waals surface area contributed by atoms with Crippen LogP contribution in [0.5, 0.6) is 0 Å². The lowest BCUT2D eigenvalue weighted by atomic mass is 10.3. The standard InChI is InChI=1S/C12H11Cl2NO4/c1-18-11(16)6-10(12(17)19-2)15-7-3-4-8(13)9(14)5-7/h3-6,15H,1-2H3. The van der Waals surface area contributed by atoms with Gasteiger partial charge in [0.1, 0.15) is 5.70 Å². The summed E-state index contributed by atoms with van der Waals surface area (Å²) in [5.41, 5.74) is 0.405. The van der Waals surface area contributed by atoms with Crippen molar-refractivity contribution in [3.8, 4) is 0 Å². The van der Waals surface area contributed by atoms with E-state index in [0.29, 0.717) is 15.7 Å². The Bertz CT molecular complexity index is 528. The van der Waals surface area contributed by atoms with Crippen molar-refractivity contribution < 1.29 is 19.1 Å². The summed E-state index contributed by atoms with van der Waals surface area (Å²) in [6, 6.07) is 4.67. The number of carbonyl (C=O) groups is 2. The average Bonchev–Trinajstić information content (AvgIpc) is 2.41. The van der Waals surface area contributed by atoms with Gasteiger partial charge in [0.15, 0.2) is 0 Å². The Morgan fingerprint density at radius 2 is 1.84 bits per heavy atom. The third-order valence-corrected chi connectivity index (χ3v) is 2.81. The summed E-state index contributed by atoms with van der Waals surface area (Å²) in [6.07, 6.45) is 0.981. The van der Waals surface area contributed by atoms with Crippen molar-refractivity contribution in [2.24, 2.45) is 0 Å². The van der Waals surface area contributed by atoms with Crippen LogP contribution in [-0.4, -0.2) is 26.2 Å². The lowest BCUT2D eigenvalue weighted by Gasteiger charge is -2.09. The summed E-state index contributed by atoms with van der Waals surface area (Å²) in [7, 11) is 2.40. The van der Waals surface area contributed by atoms with Crippen LogP contribution >= 0.6 is 23.2 Å². The van der Waals surface area contributed by atoms with Crippen molar-refractivity contribution >= 4 is 40.8 Å². The van der Waals surface area contributed by atoms with E-state index in [1.807, 2.05) is 0 Å². The van der Waals surface area contributed by atoms with Gasteiger partial charge in [-0.3, -0.25) is 0 Å². The molecular formula is C12H11Cl2NO4. The van der Waals surface area contributed by atoms with Crippen molar-refractivity contribution in [3.63, 3.8) is 0 Å². The highest BCUT2D eigenvalue weighted by molar-refractivity contribution is 6.42. The Hall–Kier alpha value is -1.72. The molecule has 0 heterocycles. The molecule has 0 bridgehead atoms. The van der Waals surface area contributed by atoms with Crippen LogP contribution in [0.2, 0.25) is 10.0 Å². The highest BCUT2D eigenvalue weighted by Gasteiger charge is 2.13. The number of nitrogens with one attached hydrogen (secondary N) is 1. The number of rotatable bonds is 4. The molecule has 7 heteroatoms. The third-order valence-electron chi connectivity index (χ3n) is 2.07. The van der Waals surface area contributed by atoms with Crippen LogP contribution in [0.4, 0.5) is 5.69 Å². The SMILES string of the molecule is COC(=O)C=C(Nc1ccc(Cl)c(Cl)c1)C(=O)OC. The summed E-state index contributed by atoms with van der Waals surface area (Å²) in [5.74, 6) is -1.40. The van der Waals surface area contributed by atoms with Crippen molar-refractivity contribution in [2.45, 2.75) is 0 Å². The van der Waals surface area contributed by atoms with E-state index in [9.17, 15) is 9.59 Å². The minimum atomic E-state index is -0.712. The van der Waals surface area contributed by atoms with E-state index in [1.165, 1.54) is 20.3 Å². The molecule has 0 saturated carbocycles. The topological polar surface area (TPSA) is 64.6 Å². The molecule has 0 unspecified atom stereocenters. The number of halogens is 2. The van der Waals surface area contributed by atoms with Gasteiger partial charge < -0.3 is 14.8 Å². The number of anilines is 1. The van der Waals surface area contributed by atoms with Crippen LogP contribution in [0.3, 0.4) is 0 Å². The van der Waals surface area contributed by atoms with Crippen LogP contribution in [-0.2, 0) is 19.1 Å². The van der Waals surface area contributed by atoms with Crippen LogP contribution < -0.4 is 5.32 Å². The second kappa shape index (κ2) is 7.01. The quantitative estimate of drug-likeness (QED) is 0.684. The summed E-state index contributed by atoms with van der Waals surface area (Å²) < 4.78 is 8.99. The van der Waals surface area contributed by atoms with Gasteiger partial charge >= 0.3 is 11.9 Å². The Morgan fingerprint density at radius 3 is 2.37 bits per heavy atom. The lowest BCUT2D eigenvalue weighted by Crippen LogP contribution is -2.15. The Morgan fingerprint density at radius 1 is 1.16 bits per heavy atom. The molecule has 0 aliphatic rings. The molecule has 19 heavy (non-hydrogen) atoms. The number of hydrogen-bond acceptors (Lipinski definition) is 5. The Balaban J connectivity index is 3.00. The zero-order chi connectivity index (χ0) is 14.4. The van der Waals surface area contributed by atoms with E-state index < -0.39 is 11.9 Å². The van der Waals surface area contributed by atoms with Crippen molar-refractivity contribution in [3.05, 3.63) is 40.0 Å². The minimum absolute atomic E-state index is 0.0762. The van der Waals surface area contributed by atoms with Gasteiger partial charge in [0.2, 0.25) is 0 Å². The van der Waals surface area contributed by atoms with E-state index in [0.717, 1.165) is 6.08 Å². The van der Waals surface area contributed by atoms with Crippen LogP contribution in [0.25, 0.3) is 0 Å². The maximum absolute atomic E-state index is 11.5. The largest absolute Gasteiger partial charge is 0.466 e. The first-order valence-corrected chi connectivity index (χ1v) is 5.83. The van der Waals surface area contributed by atoms with Crippen LogP contribution in [0.15, 0.2) is 30.0 Å². The first kappa shape index (κ1) is 15.3. The van der Waals surface area contributed by atoms with Crippen LogP contribution in [0.1, 0.15) is 0 Å². The van der Waals surface area contributed by atoms with Gasteiger partial charge in [-0.05, 0) is 18.2 Å². The predicted molar refractivity (Wildman–Crippen MR) is 72.2 cm³/mol. The second-order valence-electron chi connectivity index (χ2n) is 3.33.